The van der Waals surface area contributed by atoms with Gasteiger partial charge < -0.3 is 14.5 Å². The molecule has 0 radical (unpaired) electrons. The molecule has 2 aliphatic heterocycles. The van der Waals surface area contributed by atoms with E-state index < -0.39 is 0 Å². The van der Waals surface area contributed by atoms with Crippen LogP contribution in [0, 0.1) is 12.8 Å². The lowest BCUT2D eigenvalue weighted by Gasteiger charge is -2.37. The fourth-order valence-electron chi connectivity index (χ4n) is 4.86. The van der Waals surface area contributed by atoms with Gasteiger partial charge in [-0.15, -0.1) is 0 Å². The van der Waals surface area contributed by atoms with Gasteiger partial charge in [0.15, 0.2) is 0 Å². The van der Waals surface area contributed by atoms with E-state index in [0.717, 1.165) is 37.6 Å². The number of ether oxygens (including phenoxy) is 1. The summed E-state index contributed by atoms with van der Waals surface area (Å²) in [6.07, 6.45) is 6.25. The average Bonchev–Trinajstić information content (AvgIpc) is 2.77. The fourth-order valence-corrected chi connectivity index (χ4v) is 5.15. The molecule has 2 aromatic carbocycles. The van der Waals surface area contributed by atoms with Gasteiger partial charge in [0.05, 0.1) is 10.0 Å². The van der Waals surface area contributed by atoms with Crippen LogP contribution in [0.5, 0.6) is 5.75 Å². The van der Waals surface area contributed by atoms with Crippen LogP contribution < -0.4 is 4.74 Å². The van der Waals surface area contributed by atoms with Crippen LogP contribution in [-0.2, 0) is 6.42 Å². The minimum absolute atomic E-state index is 0.275. The van der Waals surface area contributed by atoms with Gasteiger partial charge in [0, 0.05) is 32.2 Å². The molecule has 0 unspecified atom stereocenters. The summed E-state index contributed by atoms with van der Waals surface area (Å²) in [4.78, 5) is 5.29. The quantitative estimate of drug-likeness (QED) is 0.496. The van der Waals surface area contributed by atoms with E-state index in [2.05, 4.69) is 41.0 Å². The van der Waals surface area contributed by atoms with Crippen molar-refractivity contribution in [3.05, 3.63) is 63.6 Å². The molecule has 0 aliphatic carbocycles. The van der Waals surface area contributed by atoms with Crippen molar-refractivity contribution in [2.24, 2.45) is 5.92 Å². The molecule has 0 amide bonds. The number of rotatable bonds is 7. The maximum Gasteiger partial charge on any atom is 0.121 e. The Kier molecular flexibility index (Phi) is 8.17. The van der Waals surface area contributed by atoms with Crippen molar-refractivity contribution in [3.63, 3.8) is 0 Å². The van der Waals surface area contributed by atoms with Gasteiger partial charge in [0.2, 0.25) is 0 Å². The molecule has 2 heterocycles. The molecular weight excluding hydrogens is 427 g/mol. The molecular formula is C26H34Cl2N2O. The molecule has 2 aliphatic rings. The highest BCUT2D eigenvalue weighted by Crippen LogP contribution is 2.28. The Morgan fingerprint density at radius 1 is 0.871 bits per heavy atom. The summed E-state index contributed by atoms with van der Waals surface area (Å²) in [7, 11) is 0. The first-order valence-corrected chi connectivity index (χ1v) is 12.4. The van der Waals surface area contributed by atoms with E-state index >= 15 is 0 Å². The number of likely N-dealkylation sites (tertiary alicyclic amines) is 2. The number of nitrogens with zero attached hydrogens (tertiary/aromatic N) is 2. The van der Waals surface area contributed by atoms with Gasteiger partial charge in [-0.3, -0.25) is 0 Å². The predicted octanol–water partition coefficient (Wildman–Crippen LogP) is 6.10. The van der Waals surface area contributed by atoms with Crippen molar-refractivity contribution < 1.29 is 4.74 Å². The van der Waals surface area contributed by atoms with Crippen LogP contribution >= 0.6 is 23.2 Å². The van der Waals surface area contributed by atoms with E-state index in [-0.39, 0.29) is 6.10 Å². The number of hydrogen-bond donors (Lipinski definition) is 0. The van der Waals surface area contributed by atoms with Gasteiger partial charge in [0.1, 0.15) is 11.9 Å². The lowest BCUT2D eigenvalue weighted by molar-refractivity contribution is 0.0783. The van der Waals surface area contributed by atoms with Crippen LogP contribution in [0.2, 0.25) is 10.0 Å². The van der Waals surface area contributed by atoms with Crippen molar-refractivity contribution in [1.29, 1.82) is 0 Å². The summed E-state index contributed by atoms with van der Waals surface area (Å²) in [5.41, 5.74) is 2.83. The second-order valence-corrected chi connectivity index (χ2v) is 10.0. The van der Waals surface area contributed by atoms with Gasteiger partial charge in [-0.1, -0.05) is 53.0 Å². The Morgan fingerprint density at radius 2 is 1.61 bits per heavy atom. The van der Waals surface area contributed by atoms with Crippen molar-refractivity contribution in [2.75, 3.05) is 39.3 Å². The lowest BCUT2D eigenvalue weighted by atomic mass is 9.94. The van der Waals surface area contributed by atoms with Gasteiger partial charge in [-0.25, -0.2) is 0 Å². The van der Waals surface area contributed by atoms with Crippen LogP contribution in [-0.4, -0.2) is 55.2 Å². The lowest BCUT2D eigenvalue weighted by Crippen LogP contribution is -2.43. The summed E-state index contributed by atoms with van der Waals surface area (Å²) >= 11 is 12.1. The maximum atomic E-state index is 6.14. The van der Waals surface area contributed by atoms with Crippen LogP contribution in [0.1, 0.15) is 36.8 Å². The predicted molar refractivity (Wildman–Crippen MR) is 131 cm³/mol. The number of hydrogen-bond acceptors (Lipinski definition) is 3. The van der Waals surface area contributed by atoms with Crippen LogP contribution in [0.3, 0.4) is 0 Å². The molecule has 0 bridgehead atoms. The van der Waals surface area contributed by atoms with Crippen molar-refractivity contribution in [1.82, 2.24) is 9.80 Å². The smallest absolute Gasteiger partial charge is 0.121 e. The first kappa shape index (κ1) is 22.9. The standard InChI is InChI=1S/C26H34Cl2N2O/c1-20-3-2-4-21(17-20)7-12-29-13-8-22(9-14-29)19-30-15-10-23(11-16-30)31-24-5-6-25(27)26(28)18-24/h2-6,17-18,22-23H,7-16,19H2,1H3. The van der Waals surface area contributed by atoms with Crippen molar-refractivity contribution >= 4 is 23.2 Å². The normalized spacial score (nSPS) is 19.6. The molecule has 168 valence electrons. The third-order valence-corrected chi connectivity index (χ3v) is 7.49. The third kappa shape index (κ3) is 6.86. The number of aryl methyl sites for hydroxylation is 1. The highest BCUT2D eigenvalue weighted by molar-refractivity contribution is 6.42. The highest BCUT2D eigenvalue weighted by Gasteiger charge is 2.25. The Balaban J connectivity index is 1.13. The Morgan fingerprint density at radius 3 is 2.32 bits per heavy atom. The zero-order valence-electron chi connectivity index (χ0n) is 18.5. The van der Waals surface area contributed by atoms with Crippen LogP contribution in [0.25, 0.3) is 0 Å². The van der Waals surface area contributed by atoms with Crippen molar-refractivity contribution in [3.8, 4) is 5.75 Å². The zero-order valence-corrected chi connectivity index (χ0v) is 20.0. The van der Waals surface area contributed by atoms with Crippen molar-refractivity contribution in [2.45, 2.75) is 45.1 Å². The van der Waals surface area contributed by atoms with E-state index in [0.29, 0.717) is 10.0 Å². The molecule has 5 heteroatoms. The largest absolute Gasteiger partial charge is 0.490 e. The van der Waals surface area contributed by atoms with E-state index in [9.17, 15) is 0 Å². The number of benzene rings is 2. The first-order chi connectivity index (χ1) is 15.0. The SMILES string of the molecule is Cc1cccc(CCN2CCC(CN3CCC(Oc4ccc(Cl)c(Cl)c4)CC3)CC2)c1. The minimum atomic E-state index is 0.275. The van der Waals surface area contributed by atoms with E-state index in [1.165, 1.54) is 56.6 Å². The summed E-state index contributed by atoms with van der Waals surface area (Å²) in [6, 6.07) is 14.5. The second-order valence-electron chi connectivity index (χ2n) is 9.22. The van der Waals surface area contributed by atoms with Gasteiger partial charge in [0.25, 0.3) is 0 Å². The Labute approximate surface area is 197 Å². The molecule has 0 N–H and O–H groups in total. The Bertz CT molecular complexity index is 843. The molecule has 0 spiro atoms. The number of piperidine rings is 2. The van der Waals surface area contributed by atoms with E-state index in [1.807, 2.05) is 18.2 Å². The summed E-state index contributed by atoms with van der Waals surface area (Å²) in [5, 5.41) is 1.13. The first-order valence-electron chi connectivity index (χ1n) is 11.7. The third-order valence-electron chi connectivity index (χ3n) is 6.75. The van der Waals surface area contributed by atoms with E-state index in [4.69, 9.17) is 27.9 Å². The molecule has 0 atom stereocenters. The monoisotopic (exact) mass is 460 g/mol. The second kappa shape index (κ2) is 11.0. The zero-order chi connectivity index (χ0) is 21.6. The minimum Gasteiger partial charge on any atom is -0.490 e. The van der Waals surface area contributed by atoms with Crippen LogP contribution in [0.15, 0.2) is 42.5 Å². The summed E-state index contributed by atoms with van der Waals surface area (Å²) < 4.78 is 6.14. The molecule has 0 saturated carbocycles. The summed E-state index contributed by atoms with van der Waals surface area (Å²) in [6.45, 7) is 9.34. The fraction of sp³-hybridized carbons (Fsp3) is 0.538. The maximum absolute atomic E-state index is 6.14. The van der Waals surface area contributed by atoms with Crippen LogP contribution in [0.4, 0.5) is 0 Å². The molecule has 0 aromatic heterocycles. The van der Waals surface area contributed by atoms with E-state index in [1.54, 1.807) is 0 Å². The number of halogens is 2. The molecule has 4 rings (SSSR count). The molecule has 2 fully saturated rings. The van der Waals surface area contributed by atoms with Gasteiger partial charge in [-0.05, 0) is 75.7 Å². The molecule has 31 heavy (non-hydrogen) atoms. The Hall–Kier alpha value is -1.26. The summed E-state index contributed by atoms with van der Waals surface area (Å²) in [5.74, 6) is 1.66. The molecule has 3 nitrogen and oxygen atoms in total. The highest BCUT2D eigenvalue weighted by atomic mass is 35.5. The average molecular weight is 461 g/mol. The molecule has 2 aromatic rings. The van der Waals surface area contributed by atoms with Gasteiger partial charge in [-0.2, -0.15) is 0 Å². The topological polar surface area (TPSA) is 15.7 Å². The molecule has 2 saturated heterocycles. The van der Waals surface area contributed by atoms with Gasteiger partial charge >= 0.3 is 0 Å².